The maximum atomic E-state index is 6.41. The van der Waals surface area contributed by atoms with Crippen LogP contribution in [0.25, 0.3) is 0 Å². The fourth-order valence-corrected chi connectivity index (χ4v) is 9.76. The zero-order valence-corrected chi connectivity index (χ0v) is 17.4. The molecule has 2 nitrogen and oxygen atoms in total. The molecule has 0 aromatic rings. The molecule has 2 unspecified atom stereocenters. The molecule has 0 aromatic heterocycles. The molecular weight excluding hydrogens is 332 g/mol. The molecule has 0 radical (unpaired) electrons. The van der Waals surface area contributed by atoms with E-state index in [0.29, 0.717) is 0 Å². The fourth-order valence-electron chi connectivity index (χ4n) is 9.76. The highest BCUT2D eigenvalue weighted by Crippen LogP contribution is 2.60. The van der Waals surface area contributed by atoms with Gasteiger partial charge in [0, 0.05) is 19.8 Å². The molecule has 0 heterocycles. The Morgan fingerprint density at radius 3 is 1.96 bits per heavy atom. The van der Waals surface area contributed by atoms with E-state index in [2.05, 4.69) is 6.92 Å². The van der Waals surface area contributed by atoms with Gasteiger partial charge in [0.05, 0.1) is 5.60 Å². The predicted octanol–water partition coefficient (Wildman–Crippen LogP) is 5.70. The van der Waals surface area contributed by atoms with E-state index in [9.17, 15) is 0 Å². The molecule has 0 N–H and O–H groups in total. The standard InChI is InChI=1S/C25H40O2/c1-2-27-25-12-18-10-21(13-25)23(22(11-18)14-25)3-4-26-15-24-19-6-16-5-17(8-19)9-20(24)7-16/h16-24H,2-15H2,1H3. The van der Waals surface area contributed by atoms with Crippen molar-refractivity contribution in [1.29, 1.82) is 0 Å². The van der Waals surface area contributed by atoms with Crippen LogP contribution >= 0.6 is 0 Å². The van der Waals surface area contributed by atoms with E-state index < -0.39 is 0 Å². The van der Waals surface area contributed by atoms with Crippen molar-refractivity contribution in [2.75, 3.05) is 19.8 Å². The Morgan fingerprint density at radius 1 is 0.704 bits per heavy atom. The summed E-state index contributed by atoms with van der Waals surface area (Å²) >= 11 is 0. The molecule has 8 aliphatic carbocycles. The van der Waals surface area contributed by atoms with Gasteiger partial charge in [0.2, 0.25) is 0 Å². The Kier molecular flexibility index (Phi) is 4.42. The molecule has 8 aliphatic rings. The summed E-state index contributed by atoms with van der Waals surface area (Å²) in [6.45, 7) is 5.22. The van der Waals surface area contributed by atoms with Crippen molar-refractivity contribution in [2.45, 2.75) is 83.2 Å². The minimum absolute atomic E-state index is 0.281. The highest BCUT2D eigenvalue weighted by atomic mass is 16.5. The normalized spacial score (nSPS) is 54.8. The summed E-state index contributed by atoms with van der Waals surface area (Å²) in [7, 11) is 0. The number of hydrogen-bond acceptors (Lipinski definition) is 2. The van der Waals surface area contributed by atoms with E-state index in [-0.39, 0.29) is 5.60 Å². The topological polar surface area (TPSA) is 18.5 Å². The minimum atomic E-state index is 0.281. The summed E-state index contributed by atoms with van der Waals surface area (Å²) in [4.78, 5) is 0. The van der Waals surface area contributed by atoms with Crippen molar-refractivity contribution in [3.05, 3.63) is 0 Å². The van der Waals surface area contributed by atoms with Crippen LogP contribution in [-0.2, 0) is 9.47 Å². The van der Waals surface area contributed by atoms with Crippen LogP contribution in [0.5, 0.6) is 0 Å². The van der Waals surface area contributed by atoms with Gasteiger partial charge in [-0.25, -0.2) is 0 Å². The average molecular weight is 373 g/mol. The van der Waals surface area contributed by atoms with E-state index in [4.69, 9.17) is 9.47 Å². The molecule has 8 bridgehead atoms. The Bertz CT molecular complexity index is 513. The summed E-state index contributed by atoms with van der Waals surface area (Å²) < 4.78 is 12.7. The van der Waals surface area contributed by atoms with Crippen molar-refractivity contribution in [2.24, 2.45) is 53.3 Å². The molecule has 0 aromatic carbocycles. The van der Waals surface area contributed by atoms with Crippen LogP contribution in [0.15, 0.2) is 0 Å². The van der Waals surface area contributed by atoms with E-state index >= 15 is 0 Å². The van der Waals surface area contributed by atoms with E-state index in [1.54, 1.807) is 6.42 Å². The van der Waals surface area contributed by atoms with Crippen molar-refractivity contribution < 1.29 is 9.47 Å². The van der Waals surface area contributed by atoms with Gasteiger partial charge in [-0.2, -0.15) is 0 Å². The van der Waals surface area contributed by atoms with Gasteiger partial charge in [0.15, 0.2) is 0 Å². The van der Waals surface area contributed by atoms with Crippen LogP contribution in [0.1, 0.15) is 77.6 Å². The summed E-state index contributed by atoms with van der Waals surface area (Å²) in [5.41, 5.74) is 0.281. The second kappa shape index (κ2) is 6.73. The van der Waals surface area contributed by atoms with E-state index in [1.807, 2.05) is 0 Å². The quantitative estimate of drug-likeness (QED) is 0.534. The first kappa shape index (κ1) is 17.8. The van der Waals surface area contributed by atoms with Crippen molar-refractivity contribution >= 4 is 0 Å². The van der Waals surface area contributed by atoms with Gasteiger partial charge >= 0.3 is 0 Å². The lowest BCUT2D eigenvalue weighted by Crippen LogP contribution is -2.56. The monoisotopic (exact) mass is 372 g/mol. The molecule has 8 fully saturated rings. The minimum Gasteiger partial charge on any atom is -0.381 e. The van der Waals surface area contributed by atoms with Crippen LogP contribution in [0.4, 0.5) is 0 Å². The van der Waals surface area contributed by atoms with Gasteiger partial charge in [0.25, 0.3) is 0 Å². The van der Waals surface area contributed by atoms with Crippen LogP contribution in [0, 0.1) is 53.3 Å². The van der Waals surface area contributed by atoms with Crippen molar-refractivity contribution in [1.82, 2.24) is 0 Å². The number of rotatable bonds is 7. The van der Waals surface area contributed by atoms with Crippen molar-refractivity contribution in [3.63, 3.8) is 0 Å². The summed E-state index contributed by atoms with van der Waals surface area (Å²) in [5.74, 6) is 8.93. The maximum Gasteiger partial charge on any atom is 0.0690 e. The molecule has 0 spiro atoms. The fraction of sp³-hybridized carbons (Fsp3) is 1.00. The summed E-state index contributed by atoms with van der Waals surface area (Å²) in [6, 6.07) is 0. The third-order valence-corrected chi connectivity index (χ3v) is 10.2. The van der Waals surface area contributed by atoms with Gasteiger partial charge < -0.3 is 9.47 Å². The van der Waals surface area contributed by atoms with Crippen LogP contribution < -0.4 is 0 Å². The first-order chi connectivity index (χ1) is 13.2. The lowest BCUT2D eigenvalue weighted by molar-refractivity contribution is -0.183. The lowest BCUT2D eigenvalue weighted by atomic mass is 9.49. The second-order valence-electron chi connectivity index (χ2n) is 11.7. The number of hydrogen-bond donors (Lipinski definition) is 0. The Hall–Kier alpha value is -0.0800. The largest absolute Gasteiger partial charge is 0.381 e. The zero-order valence-electron chi connectivity index (χ0n) is 17.4. The molecule has 2 atom stereocenters. The third-order valence-electron chi connectivity index (χ3n) is 10.2. The van der Waals surface area contributed by atoms with Crippen molar-refractivity contribution in [3.8, 4) is 0 Å². The van der Waals surface area contributed by atoms with Gasteiger partial charge in [-0.3, -0.25) is 0 Å². The van der Waals surface area contributed by atoms with Gasteiger partial charge in [-0.05, 0) is 131 Å². The molecule has 8 rings (SSSR count). The smallest absolute Gasteiger partial charge is 0.0690 e. The summed E-state index contributed by atoms with van der Waals surface area (Å²) in [6.07, 6.45) is 16.1. The Morgan fingerprint density at radius 2 is 1.33 bits per heavy atom. The van der Waals surface area contributed by atoms with Gasteiger partial charge in [-0.15, -0.1) is 0 Å². The first-order valence-corrected chi connectivity index (χ1v) is 12.4. The van der Waals surface area contributed by atoms with E-state index in [1.165, 1.54) is 64.2 Å². The molecule has 0 saturated heterocycles. The Labute approximate surface area is 166 Å². The third kappa shape index (κ3) is 3.03. The maximum absolute atomic E-state index is 6.41. The first-order valence-electron chi connectivity index (χ1n) is 12.4. The zero-order chi connectivity index (χ0) is 18.0. The molecule has 8 saturated carbocycles. The highest BCUT2D eigenvalue weighted by Gasteiger charge is 2.55. The molecule has 0 aliphatic heterocycles. The lowest BCUT2D eigenvalue weighted by Gasteiger charge is -2.60. The molecule has 0 amide bonds. The van der Waals surface area contributed by atoms with Crippen LogP contribution in [0.2, 0.25) is 0 Å². The second-order valence-corrected chi connectivity index (χ2v) is 11.7. The van der Waals surface area contributed by atoms with Gasteiger partial charge in [0.1, 0.15) is 0 Å². The Balaban J connectivity index is 1.01. The molecule has 152 valence electrons. The summed E-state index contributed by atoms with van der Waals surface area (Å²) in [5, 5.41) is 0. The average Bonchev–Trinajstić information content (AvgIpc) is 2.61. The van der Waals surface area contributed by atoms with E-state index in [0.717, 1.165) is 73.1 Å². The number of ether oxygens (including phenoxy) is 2. The molecule has 2 heteroatoms. The molecular formula is C25H40O2. The molecule has 27 heavy (non-hydrogen) atoms. The predicted molar refractivity (Wildman–Crippen MR) is 107 cm³/mol. The van der Waals surface area contributed by atoms with Crippen LogP contribution in [0.3, 0.4) is 0 Å². The van der Waals surface area contributed by atoms with Crippen LogP contribution in [-0.4, -0.2) is 25.4 Å². The SMILES string of the molecule is CCOC12CC3CC(C1)C(CCOCC1C4CC5CC(C4)CC1C5)C(C3)C2. The highest BCUT2D eigenvalue weighted by molar-refractivity contribution is 5.06. The van der Waals surface area contributed by atoms with Gasteiger partial charge in [-0.1, -0.05) is 0 Å².